The van der Waals surface area contributed by atoms with E-state index < -0.39 is 0 Å². The molecule has 1 aliphatic heterocycles. The Morgan fingerprint density at radius 2 is 1.71 bits per heavy atom. The highest BCUT2D eigenvalue weighted by Gasteiger charge is 2.27. The Kier molecular flexibility index (Phi) is 6.31. The van der Waals surface area contributed by atoms with Crippen LogP contribution in [0.4, 0.5) is 5.69 Å². The van der Waals surface area contributed by atoms with E-state index in [4.69, 9.17) is 10.6 Å². The summed E-state index contributed by atoms with van der Waals surface area (Å²) in [6, 6.07) is 17.7. The molecule has 2 heterocycles. The quantitative estimate of drug-likeness (QED) is 0.467. The number of amides is 1. The zero-order valence-electron chi connectivity index (χ0n) is 17.6. The topological polar surface area (TPSA) is 89.5 Å². The van der Waals surface area contributed by atoms with Gasteiger partial charge in [-0.05, 0) is 43.3 Å². The molecule has 1 amide bonds. The van der Waals surface area contributed by atoms with E-state index >= 15 is 0 Å². The third-order valence-electron chi connectivity index (χ3n) is 5.36. The van der Waals surface area contributed by atoms with Crippen LogP contribution in [-0.4, -0.2) is 64.2 Å². The molecule has 31 heavy (non-hydrogen) atoms. The summed E-state index contributed by atoms with van der Waals surface area (Å²) in [6.07, 6.45) is 0. The number of nitrogens with zero attached hydrogens (tertiary/aromatic N) is 5. The summed E-state index contributed by atoms with van der Waals surface area (Å²) >= 11 is 1.33. The number of hydrogen-bond acceptors (Lipinski definition) is 7. The number of methoxy groups -OCH3 is 1. The van der Waals surface area contributed by atoms with E-state index in [1.807, 2.05) is 54.3 Å². The van der Waals surface area contributed by atoms with Crippen molar-refractivity contribution < 1.29 is 9.53 Å². The number of para-hydroxylation sites is 1. The van der Waals surface area contributed by atoms with Gasteiger partial charge in [-0.15, -0.1) is 10.2 Å². The fraction of sp³-hybridized carbons (Fsp3) is 0.318. The molecule has 9 heteroatoms. The van der Waals surface area contributed by atoms with Crippen molar-refractivity contribution in [3.8, 4) is 17.1 Å². The van der Waals surface area contributed by atoms with Crippen molar-refractivity contribution in [1.82, 2.24) is 19.8 Å². The third-order valence-corrected chi connectivity index (χ3v) is 6.40. The molecule has 2 N–H and O–H groups in total. The number of aromatic nitrogens is 3. The first-order valence-electron chi connectivity index (χ1n) is 10.2. The molecule has 0 saturated carbocycles. The molecule has 1 aliphatic rings. The summed E-state index contributed by atoms with van der Waals surface area (Å²) in [5, 5.41) is 8.60. The normalized spacial score (nSPS) is 15.0. The van der Waals surface area contributed by atoms with Crippen LogP contribution >= 0.6 is 11.8 Å². The van der Waals surface area contributed by atoms with Crippen molar-refractivity contribution in [3.63, 3.8) is 0 Å². The van der Waals surface area contributed by atoms with E-state index in [0.29, 0.717) is 24.1 Å². The lowest BCUT2D eigenvalue weighted by Crippen LogP contribution is -2.50. The summed E-state index contributed by atoms with van der Waals surface area (Å²) in [6.45, 7) is 4.93. The van der Waals surface area contributed by atoms with Crippen molar-refractivity contribution in [2.45, 2.75) is 17.3 Å². The van der Waals surface area contributed by atoms with Crippen LogP contribution < -0.4 is 15.5 Å². The van der Waals surface area contributed by atoms with Crippen LogP contribution in [0, 0.1) is 0 Å². The Bertz CT molecular complexity index is 1020. The molecule has 1 unspecified atom stereocenters. The van der Waals surface area contributed by atoms with Crippen molar-refractivity contribution in [1.29, 1.82) is 0 Å². The van der Waals surface area contributed by atoms with Crippen LogP contribution in [0.15, 0.2) is 59.8 Å². The van der Waals surface area contributed by atoms with Gasteiger partial charge in [-0.2, -0.15) is 0 Å². The Morgan fingerprint density at radius 1 is 1.03 bits per heavy atom. The van der Waals surface area contributed by atoms with Gasteiger partial charge in [0.2, 0.25) is 11.1 Å². The van der Waals surface area contributed by atoms with E-state index in [1.165, 1.54) is 22.1 Å². The minimum atomic E-state index is -0.307. The fourth-order valence-electron chi connectivity index (χ4n) is 3.58. The standard InChI is InChI=1S/C22H26N6O2S/c1-16(21(29)27-14-12-26(13-15-27)18-6-4-3-5-7-18)31-22-25-24-20(28(22)23)17-8-10-19(30-2)11-9-17/h3-11,16H,12-15,23H2,1-2H3. The number of piperazine rings is 1. The first-order chi connectivity index (χ1) is 15.1. The predicted octanol–water partition coefficient (Wildman–Crippen LogP) is 2.50. The number of nitrogen functional groups attached to an aromatic ring is 1. The number of ether oxygens (including phenoxy) is 1. The van der Waals surface area contributed by atoms with Crippen LogP contribution in [0.2, 0.25) is 0 Å². The maximum Gasteiger partial charge on any atom is 0.236 e. The molecule has 8 nitrogen and oxygen atoms in total. The highest BCUT2D eigenvalue weighted by Crippen LogP contribution is 2.27. The van der Waals surface area contributed by atoms with Crippen LogP contribution in [0.1, 0.15) is 6.92 Å². The van der Waals surface area contributed by atoms with Gasteiger partial charge in [0.1, 0.15) is 5.75 Å². The van der Waals surface area contributed by atoms with Crippen molar-refractivity contribution in [2.75, 3.05) is 44.0 Å². The maximum atomic E-state index is 13.0. The molecular weight excluding hydrogens is 412 g/mol. The molecule has 0 bridgehead atoms. The molecule has 0 radical (unpaired) electrons. The second-order valence-corrected chi connectivity index (χ2v) is 8.62. The zero-order valence-corrected chi connectivity index (χ0v) is 18.5. The lowest BCUT2D eigenvalue weighted by molar-refractivity contribution is -0.130. The first kappa shape index (κ1) is 21.0. The molecule has 162 valence electrons. The van der Waals surface area contributed by atoms with Crippen molar-refractivity contribution >= 4 is 23.4 Å². The largest absolute Gasteiger partial charge is 0.497 e. The molecule has 1 atom stereocenters. The molecule has 3 aromatic rings. The second kappa shape index (κ2) is 9.30. The summed E-state index contributed by atoms with van der Waals surface area (Å²) in [4.78, 5) is 17.2. The van der Waals surface area contributed by atoms with Crippen LogP contribution in [0.3, 0.4) is 0 Å². The zero-order chi connectivity index (χ0) is 21.8. The minimum absolute atomic E-state index is 0.0895. The summed E-state index contributed by atoms with van der Waals surface area (Å²) in [5.41, 5.74) is 2.03. The fourth-order valence-corrected chi connectivity index (χ4v) is 4.44. The van der Waals surface area contributed by atoms with Gasteiger partial charge in [0.15, 0.2) is 5.82 Å². The predicted molar refractivity (Wildman–Crippen MR) is 123 cm³/mol. The van der Waals surface area contributed by atoms with Crippen LogP contribution in [-0.2, 0) is 4.79 Å². The van der Waals surface area contributed by atoms with Crippen LogP contribution in [0.25, 0.3) is 11.4 Å². The van der Waals surface area contributed by atoms with E-state index in [-0.39, 0.29) is 11.2 Å². The lowest BCUT2D eigenvalue weighted by atomic mass is 10.2. The molecule has 1 fully saturated rings. The van der Waals surface area contributed by atoms with Gasteiger partial charge >= 0.3 is 0 Å². The van der Waals surface area contributed by atoms with E-state index in [2.05, 4.69) is 27.2 Å². The number of rotatable bonds is 6. The average Bonchev–Trinajstić information content (AvgIpc) is 3.19. The number of anilines is 1. The Morgan fingerprint density at radius 3 is 2.35 bits per heavy atom. The molecule has 1 aromatic heterocycles. The number of benzene rings is 2. The van der Waals surface area contributed by atoms with Gasteiger partial charge in [0, 0.05) is 37.4 Å². The highest BCUT2D eigenvalue weighted by atomic mass is 32.2. The highest BCUT2D eigenvalue weighted by molar-refractivity contribution is 8.00. The van der Waals surface area contributed by atoms with Crippen molar-refractivity contribution in [2.24, 2.45) is 0 Å². The van der Waals surface area contributed by atoms with Crippen molar-refractivity contribution in [3.05, 3.63) is 54.6 Å². The summed E-state index contributed by atoms with van der Waals surface area (Å²) in [5.74, 6) is 7.61. The number of nitrogens with two attached hydrogens (primary N) is 1. The van der Waals surface area contributed by atoms with Gasteiger partial charge in [-0.1, -0.05) is 30.0 Å². The average molecular weight is 439 g/mol. The SMILES string of the molecule is COc1ccc(-c2nnc(SC(C)C(=O)N3CCN(c4ccccc4)CC3)n2N)cc1. The molecule has 1 saturated heterocycles. The minimum Gasteiger partial charge on any atom is -0.497 e. The Labute approximate surface area is 186 Å². The maximum absolute atomic E-state index is 13.0. The van der Waals surface area contributed by atoms with E-state index in [9.17, 15) is 4.79 Å². The summed E-state index contributed by atoms with van der Waals surface area (Å²) < 4.78 is 6.62. The Balaban J connectivity index is 1.36. The number of thioether (sulfide) groups is 1. The van der Waals surface area contributed by atoms with E-state index in [0.717, 1.165) is 24.4 Å². The smallest absolute Gasteiger partial charge is 0.236 e. The molecule has 0 aliphatic carbocycles. The van der Waals surface area contributed by atoms with Gasteiger partial charge in [-0.3, -0.25) is 4.79 Å². The first-order valence-corrected chi connectivity index (χ1v) is 11.0. The van der Waals surface area contributed by atoms with Gasteiger partial charge in [0.25, 0.3) is 0 Å². The lowest BCUT2D eigenvalue weighted by Gasteiger charge is -2.37. The van der Waals surface area contributed by atoms with Crippen LogP contribution in [0.5, 0.6) is 5.75 Å². The van der Waals surface area contributed by atoms with Gasteiger partial charge in [0.05, 0.1) is 12.4 Å². The number of hydrogen-bond donors (Lipinski definition) is 1. The van der Waals surface area contributed by atoms with E-state index in [1.54, 1.807) is 7.11 Å². The van der Waals surface area contributed by atoms with Gasteiger partial charge < -0.3 is 20.4 Å². The monoisotopic (exact) mass is 438 g/mol. The van der Waals surface area contributed by atoms with Gasteiger partial charge in [-0.25, -0.2) is 4.68 Å². The molecule has 2 aromatic carbocycles. The third kappa shape index (κ3) is 4.61. The number of carbonyl (C=O) groups excluding carboxylic acids is 1. The second-order valence-electron chi connectivity index (χ2n) is 7.31. The molecule has 0 spiro atoms. The Hall–Kier alpha value is -3.20. The molecule has 4 rings (SSSR count). The number of carbonyl (C=O) groups is 1. The molecular formula is C22H26N6O2S. The summed E-state index contributed by atoms with van der Waals surface area (Å²) in [7, 11) is 1.62.